The van der Waals surface area contributed by atoms with Crippen LogP contribution in [0.2, 0.25) is 5.02 Å². The lowest BCUT2D eigenvalue weighted by Gasteiger charge is -2.40. The van der Waals surface area contributed by atoms with E-state index in [1.54, 1.807) is 23.4 Å². The van der Waals surface area contributed by atoms with Crippen LogP contribution in [0.25, 0.3) is 11.4 Å². The molecule has 166 valence electrons. The van der Waals surface area contributed by atoms with Crippen molar-refractivity contribution in [3.63, 3.8) is 0 Å². The summed E-state index contributed by atoms with van der Waals surface area (Å²) in [6.45, 7) is 2.63. The summed E-state index contributed by atoms with van der Waals surface area (Å²) in [6, 6.07) is 3.46. The molecule has 3 heterocycles. The molecule has 0 radical (unpaired) electrons. The number of nitrogens with zero attached hydrogens (tertiary/aromatic N) is 5. The highest BCUT2D eigenvalue weighted by molar-refractivity contribution is 6.30. The van der Waals surface area contributed by atoms with Crippen LogP contribution in [0.15, 0.2) is 43.0 Å². The molecule has 1 aromatic carbocycles. The Morgan fingerprint density at radius 2 is 1.81 bits per heavy atom. The second kappa shape index (κ2) is 9.65. The van der Waals surface area contributed by atoms with Crippen LogP contribution in [0, 0.1) is 17.6 Å². The number of benzene rings is 1. The number of carbonyl (C=O) groups is 1. The minimum atomic E-state index is -1.08. The van der Waals surface area contributed by atoms with Crippen molar-refractivity contribution in [2.24, 2.45) is 5.92 Å². The smallest absolute Gasteiger partial charge is 0.254 e. The number of likely N-dealkylation sites (tertiary alicyclic amines) is 1. The molecule has 0 unspecified atom stereocenters. The lowest BCUT2D eigenvalue weighted by Crippen LogP contribution is -2.48. The minimum absolute atomic E-state index is 0.0527. The van der Waals surface area contributed by atoms with E-state index in [9.17, 15) is 13.6 Å². The standard InChI is InChI=1S/C23H22ClF2N5O/c1-14-4-2-9-31(20(14)5-6-21-29-12-15(24)13-30-21)23(32)17-11-19(26)18(25)10-16(17)22-27-7-3-8-28-22/h3,7-8,10-14,20H,2,4-6,9H2,1H3/t14-,20-/m1/s1. The molecule has 3 aromatic rings. The van der Waals surface area contributed by atoms with Gasteiger partial charge in [-0.2, -0.15) is 0 Å². The molecule has 1 fully saturated rings. The molecular formula is C23H22ClF2N5O. The Kier molecular flexibility index (Phi) is 6.69. The maximum atomic E-state index is 14.2. The van der Waals surface area contributed by atoms with Gasteiger partial charge in [-0.05, 0) is 43.4 Å². The Bertz CT molecular complexity index is 1100. The first kappa shape index (κ1) is 22.2. The number of piperidine rings is 1. The number of aryl methyl sites for hydroxylation is 1. The monoisotopic (exact) mass is 457 g/mol. The van der Waals surface area contributed by atoms with Gasteiger partial charge in [0.15, 0.2) is 17.5 Å². The number of carbonyl (C=O) groups excluding carboxylic acids is 1. The summed E-state index contributed by atoms with van der Waals surface area (Å²) in [5, 5.41) is 0.464. The van der Waals surface area contributed by atoms with Crippen LogP contribution >= 0.6 is 11.6 Å². The fourth-order valence-corrected chi connectivity index (χ4v) is 4.29. The molecule has 0 aliphatic carbocycles. The zero-order valence-electron chi connectivity index (χ0n) is 17.5. The molecule has 1 aliphatic rings. The van der Waals surface area contributed by atoms with E-state index in [1.807, 2.05) is 0 Å². The van der Waals surface area contributed by atoms with Gasteiger partial charge in [-0.15, -0.1) is 0 Å². The van der Waals surface area contributed by atoms with E-state index in [0.29, 0.717) is 30.2 Å². The third kappa shape index (κ3) is 4.75. The summed E-state index contributed by atoms with van der Waals surface area (Å²) in [5.74, 6) is -1.44. The summed E-state index contributed by atoms with van der Waals surface area (Å²) < 4.78 is 28.2. The van der Waals surface area contributed by atoms with Gasteiger partial charge in [0.2, 0.25) is 0 Å². The summed E-state index contributed by atoms with van der Waals surface area (Å²) in [6.07, 6.45) is 9.11. The minimum Gasteiger partial charge on any atom is -0.335 e. The third-order valence-corrected chi connectivity index (χ3v) is 6.01. The topological polar surface area (TPSA) is 71.9 Å². The summed E-state index contributed by atoms with van der Waals surface area (Å²) >= 11 is 5.86. The fourth-order valence-electron chi connectivity index (χ4n) is 4.19. The predicted octanol–water partition coefficient (Wildman–Crippen LogP) is 4.74. The number of rotatable bonds is 5. The van der Waals surface area contributed by atoms with Crippen molar-refractivity contribution in [2.45, 2.75) is 38.6 Å². The Morgan fingerprint density at radius 3 is 2.53 bits per heavy atom. The molecule has 1 saturated heterocycles. The first-order valence-corrected chi connectivity index (χ1v) is 10.9. The zero-order chi connectivity index (χ0) is 22.7. The van der Waals surface area contributed by atoms with Crippen molar-refractivity contribution in [2.75, 3.05) is 6.54 Å². The van der Waals surface area contributed by atoms with Crippen molar-refractivity contribution >= 4 is 17.5 Å². The largest absolute Gasteiger partial charge is 0.335 e. The zero-order valence-corrected chi connectivity index (χ0v) is 18.3. The normalized spacial score (nSPS) is 18.6. The lowest BCUT2D eigenvalue weighted by atomic mass is 9.87. The second-order valence-electron chi connectivity index (χ2n) is 7.93. The van der Waals surface area contributed by atoms with E-state index in [2.05, 4.69) is 26.9 Å². The highest BCUT2D eigenvalue weighted by atomic mass is 35.5. The van der Waals surface area contributed by atoms with Crippen LogP contribution in [-0.4, -0.2) is 43.3 Å². The van der Waals surface area contributed by atoms with E-state index in [1.165, 1.54) is 12.4 Å². The number of hydrogen-bond acceptors (Lipinski definition) is 5. The van der Waals surface area contributed by atoms with Crippen molar-refractivity contribution in [3.8, 4) is 11.4 Å². The molecule has 1 aliphatic heterocycles. The Morgan fingerprint density at radius 1 is 1.12 bits per heavy atom. The van der Waals surface area contributed by atoms with Crippen LogP contribution in [-0.2, 0) is 6.42 Å². The van der Waals surface area contributed by atoms with Crippen LogP contribution in [0.4, 0.5) is 8.78 Å². The molecule has 2 aromatic heterocycles. The second-order valence-corrected chi connectivity index (χ2v) is 8.36. The van der Waals surface area contributed by atoms with Gasteiger partial charge in [-0.3, -0.25) is 4.79 Å². The average Bonchev–Trinajstić information content (AvgIpc) is 2.81. The lowest BCUT2D eigenvalue weighted by molar-refractivity contribution is 0.0498. The van der Waals surface area contributed by atoms with Crippen LogP contribution in [0.3, 0.4) is 0 Å². The molecule has 0 spiro atoms. The highest BCUT2D eigenvalue weighted by Crippen LogP contribution is 2.31. The number of hydrogen-bond donors (Lipinski definition) is 0. The molecule has 9 heteroatoms. The molecule has 4 rings (SSSR count). The maximum Gasteiger partial charge on any atom is 0.254 e. The summed E-state index contributed by atoms with van der Waals surface area (Å²) in [5.41, 5.74) is 0.226. The van der Waals surface area contributed by atoms with Crippen LogP contribution in [0.5, 0.6) is 0 Å². The number of aromatic nitrogens is 4. The number of halogens is 3. The molecule has 1 amide bonds. The summed E-state index contributed by atoms with van der Waals surface area (Å²) in [4.78, 5) is 32.1. The van der Waals surface area contributed by atoms with Crippen LogP contribution in [0.1, 0.15) is 42.4 Å². The molecule has 6 nitrogen and oxygen atoms in total. The maximum absolute atomic E-state index is 14.2. The van der Waals surface area contributed by atoms with Crippen molar-refractivity contribution in [1.29, 1.82) is 0 Å². The van der Waals surface area contributed by atoms with E-state index < -0.39 is 11.6 Å². The first-order valence-electron chi connectivity index (χ1n) is 10.5. The molecule has 0 N–H and O–H groups in total. The van der Waals surface area contributed by atoms with E-state index >= 15 is 0 Å². The van der Waals surface area contributed by atoms with Gasteiger partial charge in [0, 0.05) is 49.4 Å². The van der Waals surface area contributed by atoms with Gasteiger partial charge < -0.3 is 4.90 Å². The van der Waals surface area contributed by atoms with E-state index in [-0.39, 0.29) is 34.8 Å². The van der Waals surface area contributed by atoms with Crippen molar-refractivity contribution < 1.29 is 13.6 Å². The van der Waals surface area contributed by atoms with Gasteiger partial charge in [0.05, 0.1) is 10.6 Å². The van der Waals surface area contributed by atoms with Crippen molar-refractivity contribution in [3.05, 3.63) is 71.0 Å². The predicted molar refractivity (Wildman–Crippen MR) is 116 cm³/mol. The number of amides is 1. The molecule has 0 bridgehead atoms. The SMILES string of the molecule is C[C@@H]1CCCN(C(=O)c2cc(F)c(F)cc2-c2ncccn2)[C@@H]1CCc1ncc(Cl)cn1. The fraction of sp³-hybridized carbons (Fsp3) is 0.348. The van der Waals surface area contributed by atoms with Gasteiger partial charge in [0.1, 0.15) is 5.82 Å². The van der Waals surface area contributed by atoms with Gasteiger partial charge in [-0.25, -0.2) is 28.7 Å². The average molecular weight is 458 g/mol. The highest BCUT2D eigenvalue weighted by Gasteiger charge is 2.34. The first-order chi connectivity index (χ1) is 15.4. The third-order valence-electron chi connectivity index (χ3n) is 5.81. The van der Waals surface area contributed by atoms with Gasteiger partial charge in [0.25, 0.3) is 5.91 Å². The van der Waals surface area contributed by atoms with Crippen LogP contribution < -0.4 is 0 Å². The molecule has 2 atom stereocenters. The quantitative estimate of drug-likeness (QED) is 0.553. The van der Waals surface area contributed by atoms with Crippen molar-refractivity contribution in [1.82, 2.24) is 24.8 Å². The van der Waals surface area contributed by atoms with E-state index in [0.717, 1.165) is 25.0 Å². The molecular weight excluding hydrogens is 436 g/mol. The van der Waals surface area contributed by atoms with Gasteiger partial charge >= 0.3 is 0 Å². The molecule has 0 saturated carbocycles. The van der Waals surface area contributed by atoms with Gasteiger partial charge in [-0.1, -0.05) is 18.5 Å². The Balaban J connectivity index is 1.64. The van der Waals surface area contributed by atoms with E-state index in [4.69, 9.17) is 11.6 Å². The Labute approximate surface area is 189 Å². The molecule has 32 heavy (non-hydrogen) atoms. The Hall–Kier alpha value is -3.00. The summed E-state index contributed by atoms with van der Waals surface area (Å²) in [7, 11) is 0.